The second kappa shape index (κ2) is 9.76. The predicted molar refractivity (Wildman–Crippen MR) is 149 cm³/mol. The van der Waals surface area contributed by atoms with E-state index in [-0.39, 0.29) is 47.8 Å². The molecule has 0 radical (unpaired) electrons. The number of carbonyl (C=O) groups is 4. The first-order chi connectivity index (χ1) is 20.2. The Labute approximate surface area is 246 Å². The van der Waals surface area contributed by atoms with E-state index in [0.29, 0.717) is 45.2 Å². The number of ketones is 3. The number of allylic oxidation sites excluding steroid dienone is 1. The van der Waals surface area contributed by atoms with Gasteiger partial charge in [-0.15, -0.1) is 0 Å². The fraction of sp³-hybridized carbons (Fsp3) is 0.600. The summed E-state index contributed by atoms with van der Waals surface area (Å²) < 4.78 is 5.27. The number of ether oxygens (including phenoxy) is 1. The lowest BCUT2D eigenvalue weighted by Gasteiger charge is -2.57. The Balaban J connectivity index is 1.24. The summed E-state index contributed by atoms with van der Waals surface area (Å²) in [6.45, 7) is 3.75. The van der Waals surface area contributed by atoms with Gasteiger partial charge in [0.05, 0.1) is 21.5 Å². The number of fused-ring (bicyclic) bond motifs is 5. The van der Waals surface area contributed by atoms with Crippen LogP contribution in [0.25, 0.3) is 0 Å². The molecule has 0 spiro atoms. The maximum atomic E-state index is 13.8. The molecule has 13 heteroatoms. The number of nitro groups is 2. The lowest BCUT2D eigenvalue weighted by atomic mass is 9.46. The zero-order valence-corrected chi connectivity index (χ0v) is 24.0. The standard InChI is InChI=1S/C30H33N3O10/c1-28-7-5-18(34)11-16(28)3-4-19-21-6-8-30(38,29(21,2)14-23(35)25(19)28)24(36)15-43-27(37)20-12-17(32(39)40)13-22(33(41)42)26(20)31-9-10-31/h11-13,19,21,25,38H,3-10,14-15H2,1-2H3. The number of hydrogen-bond acceptors (Lipinski definition) is 11. The molecule has 1 saturated heterocycles. The Bertz CT molecular complexity index is 1530. The first kappa shape index (κ1) is 29.1. The van der Waals surface area contributed by atoms with Gasteiger partial charge in [0, 0.05) is 43.3 Å². The molecule has 6 atom stereocenters. The van der Waals surface area contributed by atoms with E-state index in [0.717, 1.165) is 17.7 Å². The summed E-state index contributed by atoms with van der Waals surface area (Å²) in [4.78, 5) is 75.6. The molecule has 0 bridgehead atoms. The van der Waals surface area contributed by atoms with Gasteiger partial charge in [-0.05, 0) is 55.4 Å². The van der Waals surface area contributed by atoms with E-state index in [1.165, 1.54) is 4.90 Å². The van der Waals surface area contributed by atoms with E-state index in [9.17, 15) is 44.5 Å². The Morgan fingerprint density at radius 2 is 1.79 bits per heavy atom. The van der Waals surface area contributed by atoms with E-state index < -0.39 is 61.6 Å². The van der Waals surface area contributed by atoms with Gasteiger partial charge < -0.3 is 14.7 Å². The van der Waals surface area contributed by atoms with Crippen molar-refractivity contribution < 1.29 is 38.9 Å². The largest absolute Gasteiger partial charge is 0.454 e. The van der Waals surface area contributed by atoms with Gasteiger partial charge in [0.1, 0.15) is 17.1 Å². The summed E-state index contributed by atoms with van der Waals surface area (Å²) in [6, 6.07) is 1.67. The molecular formula is C30H33N3O10. The average molecular weight is 596 g/mol. The number of Topliss-reactive ketones (excluding diaryl/α,β-unsaturated/α-hetero) is 2. The Hall–Kier alpha value is -4.00. The zero-order valence-electron chi connectivity index (χ0n) is 24.0. The first-order valence-corrected chi connectivity index (χ1v) is 14.6. The number of anilines is 1. The average Bonchev–Trinajstić information content (AvgIpc) is 3.75. The number of esters is 1. The van der Waals surface area contributed by atoms with Gasteiger partial charge in [0.2, 0.25) is 5.78 Å². The molecule has 4 fully saturated rings. The van der Waals surface area contributed by atoms with Crippen LogP contribution < -0.4 is 4.90 Å². The van der Waals surface area contributed by atoms with Crippen molar-refractivity contribution in [3.63, 3.8) is 0 Å². The highest BCUT2D eigenvalue weighted by Gasteiger charge is 2.68. The Morgan fingerprint density at radius 1 is 1.07 bits per heavy atom. The van der Waals surface area contributed by atoms with Gasteiger partial charge >= 0.3 is 5.97 Å². The minimum Gasteiger partial charge on any atom is -0.454 e. The molecule has 43 heavy (non-hydrogen) atoms. The van der Waals surface area contributed by atoms with E-state index in [1.54, 1.807) is 13.0 Å². The summed E-state index contributed by atoms with van der Waals surface area (Å²) in [5, 5.41) is 35.0. The maximum absolute atomic E-state index is 13.8. The Morgan fingerprint density at radius 3 is 2.44 bits per heavy atom. The summed E-state index contributed by atoms with van der Waals surface area (Å²) >= 11 is 0. The molecular weight excluding hydrogens is 562 g/mol. The van der Waals surface area contributed by atoms with Crippen LogP contribution in [-0.4, -0.2) is 63.6 Å². The van der Waals surface area contributed by atoms with Crippen LogP contribution in [0.5, 0.6) is 0 Å². The molecule has 4 aliphatic carbocycles. The van der Waals surface area contributed by atoms with Crippen LogP contribution in [0.3, 0.4) is 0 Å². The second-order valence-corrected chi connectivity index (χ2v) is 13.2. The number of nitrogens with zero attached hydrogens (tertiary/aromatic N) is 3. The van der Waals surface area contributed by atoms with Crippen molar-refractivity contribution in [3.8, 4) is 0 Å². The fourth-order valence-electron chi connectivity index (χ4n) is 8.78. The Kier molecular flexibility index (Phi) is 6.60. The highest BCUT2D eigenvalue weighted by atomic mass is 16.6. The monoisotopic (exact) mass is 595 g/mol. The maximum Gasteiger partial charge on any atom is 0.341 e. The van der Waals surface area contributed by atoms with Crippen molar-refractivity contribution in [2.24, 2.45) is 28.6 Å². The molecule has 1 aromatic rings. The number of hydrogen-bond donors (Lipinski definition) is 1. The first-order valence-electron chi connectivity index (χ1n) is 14.6. The minimum absolute atomic E-state index is 0.0258. The molecule has 0 amide bonds. The summed E-state index contributed by atoms with van der Waals surface area (Å²) in [5.74, 6) is -2.39. The third kappa shape index (κ3) is 4.30. The van der Waals surface area contributed by atoms with Crippen LogP contribution in [0.2, 0.25) is 0 Å². The van der Waals surface area contributed by atoms with Gasteiger partial charge in [-0.2, -0.15) is 0 Å². The topological polar surface area (TPSA) is 187 Å². The fourth-order valence-corrected chi connectivity index (χ4v) is 8.78. The van der Waals surface area contributed by atoms with Gasteiger partial charge in [-0.3, -0.25) is 34.6 Å². The molecule has 228 valence electrons. The number of aliphatic hydroxyl groups is 1. The summed E-state index contributed by atoms with van der Waals surface area (Å²) in [7, 11) is 0. The zero-order chi connectivity index (χ0) is 31.1. The van der Waals surface area contributed by atoms with Crippen molar-refractivity contribution in [2.45, 2.75) is 64.4 Å². The number of non-ortho nitro benzene ring substituents is 1. The van der Waals surface area contributed by atoms with Crippen LogP contribution in [0.1, 0.15) is 69.2 Å². The van der Waals surface area contributed by atoms with Gasteiger partial charge in [0.25, 0.3) is 11.4 Å². The SMILES string of the molecule is CC12CCC(=O)C=C1CCC1C2C(=O)CC2(C)C1CCC2(O)C(=O)COC(=O)c1cc([N+](=O)[O-])cc([N+](=O)[O-])c1N1CC1. The van der Waals surface area contributed by atoms with E-state index in [1.807, 2.05) is 0 Å². The summed E-state index contributed by atoms with van der Waals surface area (Å²) in [6.07, 6.45) is 4.61. The third-order valence-electron chi connectivity index (χ3n) is 11.1. The lowest BCUT2D eigenvalue weighted by molar-refractivity contribution is -0.393. The van der Waals surface area contributed by atoms with E-state index in [4.69, 9.17) is 4.74 Å². The quantitative estimate of drug-likeness (QED) is 0.210. The molecule has 0 aromatic heterocycles. The van der Waals surface area contributed by atoms with Crippen LogP contribution >= 0.6 is 0 Å². The van der Waals surface area contributed by atoms with Crippen LogP contribution in [0.15, 0.2) is 23.8 Å². The number of nitro benzene ring substituents is 2. The van der Waals surface area contributed by atoms with E-state index >= 15 is 0 Å². The highest BCUT2D eigenvalue weighted by molar-refractivity contribution is 6.02. The van der Waals surface area contributed by atoms with Gasteiger partial charge in [0.15, 0.2) is 12.4 Å². The van der Waals surface area contributed by atoms with Gasteiger partial charge in [-0.1, -0.05) is 19.4 Å². The molecule has 3 saturated carbocycles. The molecule has 6 rings (SSSR count). The van der Waals surface area contributed by atoms with Crippen molar-refractivity contribution in [1.29, 1.82) is 0 Å². The normalized spacial score (nSPS) is 34.4. The smallest absolute Gasteiger partial charge is 0.341 e. The number of benzene rings is 1. The van der Waals surface area contributed by atoms with Crippen molar-refractivity contribution >= 4 is 40.4 Å². The van der Waals surface area contributed by atoms with Crippen molar-refractivity contribution in [3.05, 3.63) is 49.6 Å². The van der Waals surface area contributed by atoms with E-state index in [2.05, 4.69) is 6.92 Å². The number of rotatable bonds is 7. The molecule has 1 N–H and O–H groups in total. The van der Waals surface area contributed by atoms with Crippen LogP contribution in [0.4, 0.5) is 17.1 Å². The molecule has 1 aromatic carbocycles. The van der Waals surface area contributed by atoms with Crippen LogP contribution in [-0.2, 0) is 19.1 Å². The molecule has 6 unspecified atom stereocenters. The number of carbonyl (C=O) groups excluding carboxylic acids is 4. The lowest BCUT2D eigenvalue weighted by Crippen LogP contribution is -2.61. The summed E-state index contributed by atoms with van der Waals surface area (Å²) in [5.41, 5.74) is -4.26. The molecule has 1 aliphatic heterocycles. The molecule has 5 aliphatic rings. The third-order valence-corrected chi connectivity index (χ3v) is 11.1. The second-order valence-electron chi connectivity index (χ2n) is 13.2. The predicted octanol–water partition coefficient (Wildman–Crippen LogP) is 3.49. The van der Waals surface area contributed by atoms with Crippen molar-refractivity contribution in [2.75, 3.05) is 24.6 Å². The molecule has 1 heterocycles. The minimum atomic E-state index is -1.95. The highest BCUT2D eigenvalue weighted by Crippen LogP contribution is 2.66. The van der Waals surface area contributed by atoms with Crippen LogP contribution in [0, 0.1) is 48.8 Å². The van der Waals surface area contributed by atoms with Gasteiger partial charge in [-0.25, -0.2) is 4.79 Å². The van der Waals surface area contributed by atoms with Crippen molar-refractivity contribution in [1.82, 2.24) is 0 Å². The molecule has 13 nitrogen and oxygen atoms in total.